The van der Waals surface area contributed by atoms with E-state index in [1.165, 1.54) is 0 Å². The van der Waals surface area contributed by atoms with Gasteiger partial charge in [0.15, 0.2) is 0 Å². The average molecular weight is 362 g/mol. The lowest BCUT2D eigenvalue weighted by atomic mass is 10.1. The standard InChI is InChI=1S/C18H17Cl2N3O/c1-11(21)17-10-14(8-12-2-5-15(24)6-3-12)23(22-17)18-7-4-13(19)9-16(18)20/h2-7,9-11,24H,8,21H2,1H3/t11-/m1/s1. The lowest BCUT2D eigenvalue weighted by molar-refractivity contribution is 0.475. The number of hydrogen-bond acceptors (Lipinski definition) is 3. The predicted molar refractivity (Wildman–Crippen MR) is 97.1 cm³/mol. The maximum Gasteiger partial charge on any atom is 0.115 e. The number of phenols is 1. The molecule has 0 aliphatic rings. The van der Waals surface area contributed by atoms with E-state index >= 15 is 0 Å². The molecular formula is C18H17Cl2N3O. The Bertz CT molecular complexity index is 857. The van der Waals surface area contributed by atoms with Crippen molar-refractivity contribution >= 4 is 23.2 Å². The van der Waals surface area contributed by atoms with Crippen LogP contribution in [0.15, 0.2) is 48.5 Å². The van der Waals surface area contributed by atoms with E-state index in [0.29, 0.717) is 16.5 Å². The molecule has 3 rings (SSSR count). The summed E-state index contributed by atoms with van der Waals surface area (Å²) >= 11 is 12.3. The van der Waals surface area contributed by atoms with Gasteiger partial charge >= 0.3 is 0 Å². The maximum absolute atomic E-state index is 9.43. The number of nitrogens with two attached hydrogens (primary N) is 1. The summed E-state index contributed by atoms with van der Waals surface area (Å²) in [7, 11) is 0. The number of rotatable bonds is 4. The molecule has 0 spiro atoms. The first kappa shape index (κ1) is 16.8. The van der Waals surface area contributed by atoms with Crippen LogP contribution < -0.4 is 5.73 Å². The monoisotopic (exact) mass is 361 g/mol. The normalized spacial score (nSPS) is 12.3. The van der Waals surface area contributed by atoms with Gasteiger partial charge in [-0.05, 0) is 48.9 Å². The van der Waals surface area contributed by atoms with Crippen molar-refractivity contribution in [2.75, 3.05) is 0 Å². The van der Waals surface area contributed by atoms with E-state index in [2.05, 4.69) is 5.10 Å². The molecule has 1 aromatic heterocycles. The topological polar surface area (TPSA) is 64.1 Å². The first-order valence-electron chi connectivity index (χ1n) is 7.52. The molecule has 0 aliphatic heterocycles. The van der Waals surface area contributed by atoms with Gasteiger partial charge in [-0.2, -0.15) is 5.10 Å². The van der Waals surface area contributed by atoms with Gasteiger partial charge in [0.05, 0.1) is 16.4 Å². The first-order chi connectivity index (χ1) is 11.4. The van der Waals surface area contributed by atoms with Crippen molar-refractivity contribution in [2.45, 2.75) is 19.4 Å². The van der Waals surface area contributed by atoms with Crippen molar-refractivity contribution in [3.8, 4) is 11.4 Å². The van der Waals surface area contributed by atoms with E-state index in [0.717, 1.165) is 22.6 Å². The zero-order valence-electron chi connectivity index (χ0n) is 13.1. The Kier molecular flexibility index (Phi) is 4.81. The Morgan fingerprint density at radius 3 is 2.46 bits per heavy atom. The Hall–Kier alpha value is -2.01. The molecule has 3 aromatic rings. The number of aromatic nitrogens is 2. The van der Waals surface area contributed by atoms with Crippen LogP contribution in [-0.2, 0) is 6.42 Å². The number of aromatic hydroxyl groups is 1. The molecule has 0 amide bonds. The predicted octanol–water partition coefficient (Wildman–Crippen LogP) is 4.50. The molecule has 0 fully saturated rings. The molecule has 0 saturated heterocycles. The van der Waals surface area contributed by atoms with Crippen LogP contribution in [0.4, 0.5) is 0 Å². The van der Waals surface area contributed by atoms with Gasteiger partial charge in [-0.1, -0.05) is 35.3 Å². The Labute approximate surface area is 150 Å². The average Bonchev–Trinajstić information content (AvgIpc) is 2.93. The number of benzene rings is 2. The summed E-state index contributed by atoms with van der Waals surface area (Å²) in [6.07, 6.45) is 0.638. The summed E-state index contributed by atoms with van der Waals surface area (Å²) in [6, 6.07) is 14.2. The van der Waals surface area contributed by atoms with Crippen LogP contribution in [0.2, 0.25) is 10.0 Å². The molecule has 124 valence electrons. The highest BCUT2D eigenvalue weighted by molar-refractivity contribution is 6.35. The molecule has 2 aromatic carbocycles. The smallest absolute Gasteiger partial charge is 0.115 e. The molecule has 0 aliphatic carbocycles. The van der Waals surface area contributed by atoms with Crippen LogP contribution >= 0.6 is 23.2 Å². The Balaban J connectivity index is 2.05. The molecule has 3 N–H and O–H groups in total. The third-order valence-electron chi connectivity index (χ3n) is 3.73. The van der Waals surface area contributed by atoms with Crippen LogP contribution in [0.5, 0.6) is 5.75 Å². The highest BCUT2D eigenvalue weighted by Crippen LogP contribution is 2.27. The van der Waals surface area contributed by atoms with Gasteiger partial charge in [-0.15, -0.1) is 0 Å². The zero-order chi connectivity index (χ0) is 17.3. The fraction of sp³-hybridized carbons (Fsp3) is 0.167. The lowest BCUT2D eigenvalue weighted by Crippen LogP contribution is -2.07. The quantitative estimate of drug-likeness (QED) is 0.719. The van der Waals surface area contributed by atoms with E-state index in [4.69, 9.17) is 28.9 Å². The van der Waals surface area contributed by atoms with E-state index < -0.39 is 0 Å². The number of hydrogen-bond donors (Lipinski definition) is 2. The minimum Gasteiger partial charge on any atom is -0.508 e. The molecule has 24 heavy (non-hydrogen) atoms. The summed E-state index contributed by atoms with van der Waals surface area (Å²) in [6.45, 7) is 1.89. The van der Waals surface area contributed by atoms with Crippen molar-refractivity contribution in [1.82, 2.24) is 9.78 Å². The molecule has 1 heterocycles. The molecule has 0 radical (unpaired) electrons. The maximum atomic E-state index is 9.43. The Morgan fingerprint density at radius 1 is 1.12 bits per heavy atom. The van der Waals surface area contributed by atoms with Gasteiger partial charge in [0.1, 0.15) is 5.75 Å². The third kappa shape index (κ3) is 3.56. The largest absolute Gasteiger partial charge is 0.508 e. The van der Waals surface area contributed by atoms with Gasteiger partial charge in [-0.25, -0.2) is 4.68 Å². The van der Waals surface area contributed by atoms with Crippen molar-refractivity contribution in [1.29, 1.82) is 0 Å². The highest BCUT2D eigenvalue weighted by atomic mass is 35.5. The molecule has 0 bridgehead atoms. The second-order valence-electron chi connectivity index (χ2n) is 5.70. The second-order valence-corrected chi connectivity index (χ2v) is 6.54. The molecule has 0 saturated carbocycles. The van der Waals surface area contributed by atoms with Crippen molar-refractivity contribution in [3.05, 3.63) is 75.5 Å². The fourth-order valence-corrected chi connectivity index (χ4v) is 2.96. The lowest BCUT2D eigenvalue weighted by Gasteiger charge is -2.10. The zero-order valence-corrected chi connectivity index (χ0v) is 14.6. The Morgan fingerprint density at radius 2 is 1.83 bits per heavy atom. The summed E-state index contributed by atoms with van der Waals surface area (Å²) in [4.78, 5) is 0. The summed E-state index contributed by atoms with van der Waals surface area (Å²) in [5.41, 5.74) is 9.53. The van der Waals surface area contributed by atoms with E-state index in [1.807, 2.05) is 31.2 Å². The van der Waals surface area contributed by atoms with Crippen LogP contribution in [0.3, 0.4) is 0 Å². The summed E-state index contributed by atoms with van der Waals surface area (Å²) < 4.78 is 1.80. The second kappa shape index (κ2) is 6.85. The van der Waals surface area contributed by atoms with Crippen molar-refractivity contribution in [2.24, 2.45) is 5.73 Å². The molecule has 4 nitrogen and oxygen atoms in total. The van der Waals surface area contributed by atoms with E-state index in [1.54, 1.807) is 28.9 Å². The van der Waals surface area contributed by atoms with Gasteiger partial charge in [-0.3, -0.25) is 0 Å². The molecule has 6 heteroatoms. The van der Waals surface area contributed by atoms with Crippen molar-refractivity contribution in [3.63, 3.8) is 0 Å². The SMILES string of the molecule is C[C@@H](N)c1cc(Cc2ccc(O)cc2)n(-c2ccc(Cl)cc2Cl)n1. The summed E-state index contributed by atoms with van der Waals surface area (Å²) in [5, 5.41) is 15.1. The van der Waals surface area contributed by atoms with Gasteiger partial charge in [0.25, 0.3) is 0 Å². The van der Waals surface area contributed by atoms with Crippen molar-refractivity contribution < 1.29 is 5.11 Å². The molecular weight excluding hydrogens is 345 g/mol. The molecule has 1 atom stereocenters. The van der Waals surface area contributed by atoms with Gasteiger partial charge in [0, 0.05) is 23.2 Å². The van der Waals surface area contributed by atoms with Crippen LogP contribution in [0.1, 0.15) is 29.9 Å². The van der Waals surface area contributed by atoms with E-state index in [-0.39, 0.29) is 11.8 Å². The highest BCUT2D eigenvalue weighted by Gasteiger charge is 2.15. The van der Waals surface area contributed by atoms with Gasteiger partial charge < -0.3 is 10.8 Å². The number of halogens is 2. The summed E-state index contributed by atoms with van der Waals surface area (Å²) in [5.74, 6) is 0.240. The van der Waals surface area contributed by atoms with Crippen LogP contribution in [0.25, 0.3) is 5.69 Å². The minimum atomic E-state index is -0.184. The third-order valence-corrected chi connectivity index (χ3v) is 4.27. The first-order valence-corrected chi connectivity index (χ1v) is 8.27. The minimum absolute atomic E-state index is 0.184. The van der Waals surface area contributed by atoms with Gasteiger partial charge in [0.2, 0.25) is 0 Å². The van der Waals surface area contributed by atoms with E-state index in [9.17, 15) is 5.11 Å². The fourth-order valence-electron chi connectivity index (χ4n) is 2.47. The van der Waals surface area contributed by atoms with Crippen LogP contribution in [-0.4, -0.2) is 14.9 Å². The molecule has 0 unspecified atom stereocenters. The number of phenolic OH excluding ortho intramolecular Hbond substituents is 1. The number of nitrogens with zero attached hydrogens (tertiary/aromatic N) is 2. The van der Waals surface area contributed by atoms with Crippen LogP contribution in [0, 0.1) is 0 Å².